The first-order valence-corrected chi connectivity index (χ1v) is 5.11. The molecule has 0 aliphatic heterocycles. The van der Waals surface area contributed by atoms with E-state index < -0.39 is 6.04 Å². The largest absolute Gasteiger partial charge is 0.468 e. The Balaban J connectivity index is 2.60. The van der Waals surface area contributed by atoms with Gasteiger partial charge in [0.05, 0.1) is 7.11 Å². The molecule has 0 radical (unpaired) electrons. The van der Waals surface area contributed by atoms with Gasteiger partial charge in [-0.1, -0.05) is 17.7 Å². The van der Waals surface area contributed by atoms with Crippen molar-refractivity contribution in [3.8, 4) is 0 Å². The Morgan fingerprint density at radius 2 is 2.25 bits per heavy atom. The second-order valence-corrected chi connectivity index (χ2v) is 3.72. The van der Waals surface area contributed by atoms with E-state index in [-0.39, 0.29) is 11.8 Å². The number of esters is 1. The van der Waals surface area contributed by atoms with Gasteiger partial charge in [0, 0.05) is 12.1 Å². The first kappa shape index (κ1) is 12.6. The maximum Gasteiger partial charge on any atom is 0.322 e. The van der Waals surface area contributed by atoms with E-state index in [2.05, 4.69) is 10.1 Å². The maximum absolute atomic E-state index is 13.3. The van der Waals surface area contributed by atoms with Crippen molar-refractivity contribution in [1.29, 1.82) is 0 Å². The number of aryl methyl sites for hydroxylation is 1. The van der Waals surface area contributed by atoms with E-state index in [1.54, 1.807) is 19.1 Å². The van der Waals surface area contributed by atoms with E-state index in [4.69, 9.17) is 0 Å². The number of rotatable bonds is 4. The van der Waals surface area contributed by atoms with Gasteiger partial charge in [-0.3, -0.25) is 4.79 Å². The number of halogens is 1. The van der Waals surface area contributed by atoms with Crippen molar-refractivity contribution in [3.05, 3.63) is 35.1 Å². The van der Waals surface area contributed by atoms with Crippen molar-refractivity contribution >= 4 is 5.97 Å². The molecule has 1 rings (SSSR count). The summed E-state index contributed by atoms with van der Waals surface area (Å²) in [5.41, 5.74) is 1.54. The Hall–Kier alpha value is -1.42. The fourth-order valence-corrected chi connectivity index (χ4v) is 1.36. The molecule has 16 heavy (non-hydrogen) atoms. The highest BCUT2D eigenvalue weighted by Gasteiger charge is 2.12. The van der Waals surface area contributed by atoms with Gasteiger partial charge < -0.3 is 10.1 Å². The number of hydrogen-bond donors (Lipinski definition) is 1. The van der Waals surface area contributed by atoms with E-state index in [9.17, 15) is 9.18 Å². The molecule has 1 atom stereocenters. The van der Waals surface area contributed by atoms with E-state index in [1.807, 2.05) is 6.92 Å². The summed E-state index contributed by atoms with van der Waals surface area (Å²) < 4.78 is 17.9. The minimum absolute atomic E-state index is 0.268. The molecule has 0 saturated heterocycles. The van der Waals surface area contributed by atoms with Gasteiger partial charge in [-0.25, -0.2) is 4.39 Å². The molecule has 4 heteroatoms. The quantitative estimate of drug-likeness (QED) is 0.794. The van der Waals surface area contributed by atoms with Crippen LogP contribution in [0.25, 0.3) is 0 Å². The fraction of sp³-hybridized carbons (Fsp3) is 0.417. The van der Waals surface area contributed by atoms with Crippen molar-refractivity contribution < 1.29 is 13.9 Å². The summed E-state index contributed by atoms with van der Waals surface area (Å²) in [6.07, 6.45) is 0. The Morgan fingerprint density at radius 1 is 1.56 bits per heavy atom. The molecule has 88 valence electrons. The predicted molar refractivity (Wildman–Crippen MR) is 59.5 cm³/mol. The summed E-state index contributed by atoms with van der Waals surface area (Å²) in [5.74, 6) is -0.622. The van der Waals surface area contributed by atoms with Crippen LogP contribution < -0.4 is 5.32 Å². The Bertz CT molecular complexity index is 379. The molecule has 1 unspecified atom stereocenters. The molecule has 3 nitrogen and oxygen atoms in total. The van der Waals surface area contributed by atoms with E-state index in [0.717, 1.165) is 5.56 Å². The number of nitrogens with one attached hydrogen (secondary N) is 1. The molecule has 0 saturated carbocycles. The van der Waals surface area contributed by atoms with Gasteiger partial charge in [-0.05, 0) is 19.9 Å². The molecular weight excluding hydrogens is 209 g/mol. The summed E-state index contributed by atoms with van der Waals surface area (Å²) in [5, 5.41) is 2.90. The van der Waals surface area contributed by atoms with Gasteiger partial charge in [-0.15, -0.1) is 0 Å². The average Bonchev–Trinajstić information content (AvgIpc) is 2.28. The van der Waals surface area contributed by atoms with Crippen molar-refractivity contribution in [1.82, 2.24) is 5.32 Å². The lowest BCUT2D eigenvalue weighted by Crippen LogP contribution is -2.34. The van der Waals surface area contributed by atoms with Crippen LogP contribution in [0.2, 0.25) is 0 Å². The lowest BCUT2D eigenvalue weighted by atomic mass is 10.1. The molecule has 0 heterocycles. The summed E-state index contributed by atoms with van der Waals surface area (Å²) in [7, 11) is 1.33. The number of carbonyl (C=O) groups is 1. The molecule has 0 amide bonds. The standard InChI is InChI=1S/C12H16FNO2/c1-8-4-5-11(13)10(6-8)7-14-9(2)12(15)16-3/h4-6,9,14H,7H2,1-3H3. The Morgan fingerprint density at radius 3 is 2.88 bits per heavy atom. The highest BCUT2D eigenvalue weighted by atomic mass is 19.1. The van der Waals surface area contributed by atoms with Crippen LogP contribution in [0.5, 0.6) is 0 Å². The van der Waals surface area contributed by atoms with Crippen LogP contribution in [0.1, 0.15) is 18.1 Å². The lowest BCUT2D eigenvalue weighted by molar-refractivity contribution is -0.142. The summed E-state index contributed by atoms with van der Waals surface area (Å²) in [6, 6.07) is 4.45. The van der Waals surface area contributed by atoms with Crippen LogP contribution in [-0.2, 0) is 16.1 Å². The minimum atomic E-state index is -0.440. The maximum atomic E-state index is 13.3. The number of benzene rings is 1. The van der Waals surface area contributed by atoms with Crippen LogP contribution in [0.3, 0.4) is 0 Å². The van der Waals surface area contributed by atoms with Gasteiger partial charge in [0.25, 0.3) is 0 Å². The third-order valence-electron chi connectivity index (χ3n) is 2.35. The number of ether oxygens (including phenoxy) is 1. The molecule has 0 bridgehead atoms. The molecule has 0 spiro atoms. The zero-order valence-electron chi connectivity index (χ0n) is 9.71. The van der Waals surface area contributed by atoms with Crippen LogP contribution in [0, 0.1) is 12.7 Å². The van der Waals surface area contributed by atoms with Crippen molar-refractivity contribution in [2.24, 2.45) is 0 Å². The molecular formula is C12H16FNO2. The van der Waals surface area contributed by atoms with Gasteiger partial charge in [0.2, 0.25) is 0 Å². The van der Waals surface area contributed by atoms with Crippen molar-refractivity contribution in [2.75, 3.05) is 7.11 Å². The summed E-state index contributed by atoms with van der Waals surface area (Å²) in [6.45, 7) is 3.88. The topological polar surface area (TPSA) is 38.3 Å². The van der Waals surface area contributed by atoms with E-state index in [1.165, 1.54) is 13.2 Å². The zero-order chi connectivity index (χ0) is 12.1. The van der Waals surface area contributed by atoms with Crippen LogP contribution >= 0.6 is 0 Å². The SMILES string of the molecule is COC(=O)C(C)NCc1cc(C)ccc1F. The van der Waals surface area contributed by atoms with Gasteiger partial charge in [0.15, 0.2) is 0 Å². The fourth-order valence-electron chi connectivity index (χ4n) is 1.36. The summed E-state index contributed by atoms with van der Waals surface area (Å²) in [4.78, 5) is 11.1. The third-order valence-corrected chi connectivity index (χ3v) is 2.35. The van der Waals surface area contributed by atoms with E-state index in [0.29, 0.717) is 12.1 Å². The molecule has 0 fully saturated rings. The van der Waals surface area contributed by atoms with Gasteiger partial charge >= 0.3 is 5.97 Å². The van der Waals surface area contributed by atoms with Gasteiger partial charge in [-0.2, -0.15) is 0 Å². The van der Waals surface area contributed by atoms with Crippen LogP contribution in [0.15, 0.2) is 18.2 Å². The second-order valence-electron chi connectivity index (χ2n) is 3.72. The van der Waals surface area contributed by atoms with Crippen LogP contribution in [-0.4, -0.2) is 19.1 Å². The Kier molecular flexibility index (Phi) is 4.43. The summed E-state index contributed by atoms with van der Waals surface area (Å²) >= 11 is 0. The molecule has 1 aromatic rings. The first-order chi connectivity index (χ1) is 7.54. The lowest BCUT2D eigenvalue weighted by Gasteiger charge is -2.12. The number of methoxy groups -OCH3 is 1. The average molecular weight is 225 g/mol. The third kappa shape index (κ3) is 3.31. The number of carbonyl (C=O) groups excluding carboxylic acids is 1. The second kappa shape index (κ2) is 5.61. The Labute approximate surface area is 94.6 Å². The number of hydrogen-bond acceptors (Lipinski definition) is 3. The first-order valence-electron chi connectivity index (χ1n) is 5.11. The molecule has 1 N–H and O–H groups in total. The van der Waals surface area contributed by atoms with E-state index >= 15 is 0 Å². The highest BCUT2D eigenvalue weighted by molar-refractivity contribution is 5.75. The minimum Gasteiger partial charge on any atom is -0.468 e. The smallest absolute Gasteiger partial charge is 0.322 e. The highest BCUT2D eigenvalue weighted by Crippen LogP contribution is 2.09. The van der Waals surface area contributed by atoms with Crippen molar-refractivity contribution in [3.63, 3.8) is 0 Å². The van der Waals surface area contributed by atoms with Gasteiger partial charge in [0.1, 0.15) is 11.9 Å². The van der Waals surface area contributed by atoms with Crippen LogP contribution in [0.4, 0.5) is 4.39 Å². The molecule has 0 aliphatic carbocycles. The normalized spacial score (nSPS) is 12.2. The molecule has 1 aromatic carbocycles. The molecule has 0 aliphatic rings. The predicted octanol–water partition coefficient (Wildman–Crippen LogP) is 1.79. The monoisotopic (exact) mass is 225 g/mol. The molecule has 0 aromatic heterocycles. The zero-order valence-corrected chi connectivity index (χ0v) is 9.71. The van der Waals surface area contributed by atoms with Crippen molar-refractivity contribution in [2.45, 2.75) is 26.4 Å².